The van der Waals surface area contributed by atoms with Gasteiger partial charge in [0.05, 0.1) is 106 Å². The summed E-state index contributed by atoms with van der Waals surface area (Å²) in [5.74, 6) is -1.53. The van der Waals surface area contributed by atoms with E-state index in [1.807, 2.05) is 35.5 Å². The zero-order valence-electron chi connectivity index (χ0n) is 54.7. The predicted octanol–water partition coefficient (Wildman–Crippen LogP) is 7.26. The fourth-order valence-electron chi connectivity index (χ4n) is 12.0. The first-order valence-corrected chi connectivity index (χ1v) is 38.7. The van der Waals surface area contributed by atoms with E-state index in [4.69, 9.17) is 37.9 Å². The van der Waals surface area contributed by atoms with Gasteiger partial charge in [0, 0.05) is 92.9 Å². The maximum Gasteiger partial charge on any atom is 0.295 e. The van der Waals surface area contributed by atoms with Crippen LogP contribution in [-0.4, -0.2) is 219 Å². The highest BCUT2D eigenvalue weighted by molar-refractivity contribution is 7.87. The number of carbonyl (C=O) groups is 1. The lowest BCUT2D eigenvalue weighted by atomic mass is 9.74. The molecule has 2 atom stereocenters. The van der Waals surface area contributed by atoms with Gasteiger partial charge in [-0.25, -0.2) is 0 Å². The zero-order valence-corrected chi connectivity index (χ0v) is 58.8. The van der Waals surface area contributed by atoms with Gasteiger partial charge in [0.1, 0.15) is 11.4 Å². The number of carbonyl (C=O) groups excluding carboxylic acids is 1. The molecule has 6 N–H and O–H groups in total. The van der Waals surface area contributed by atoms with Crippen molar-refractivity contribution in [3.8, 4) is 0 Å². The summed E-state index contributed by atoms with van der Waals surface area (Å²) in [5.41, 5.74) is 1.97. The van der Waals surface area contributed by atoms with Crippen molar-refractivity contribution >= 4 is 101 Å². The van der Waals surface area contributed by atoms with Gasteiger partial charge >= 0.3 is 0 Å². The molecular weight excluding hydrogens is 1370 g/mol. The maximum absolute atomic E-state index is 13.2. The van der Waals surface area contributed by atoms with Crippen molar-refractivity contribution in [2.24, 2.45) is 0 Å². The van der Waals surface area contributed by atoms with E-state index < -0.39 is 82.7 Å². The van der Waals surface area contributed by atoms with E-state index in [1.165, 1.54) is 25.2 Å². The molecule has 1 amide bonds. The number of methoxy groups -OCH3 is 2. The van der Waals surface area contributed by atoms with Crippen molar-refractivity contribution in [3.05, 3.63) is 131 Å². The second kappa shape index (κ2) is 34.9. The Morgan fingerprint density at radius 2 is 1.04 bits per heavy atom. The summed E-state index contributed by atoms with van der Waals surface area (Å²) in [6.45, 7) is 7.48. The molecule has 2 aliphatic heterocycles. The van der Waals surface area contributed by atoms with Crippen LogP contribution in [0.25, 0.3) is 27.1 Å². The number of amides is 1. The SMILES string of the molecule is CNC(=O)c1ccc(C(=C\C=C2\N(CCCCS(=O)(=O)O)c3ccc4ccc(S(=O)(=O)O)cc4c3C2(C)CCOCCOCCOCCOC)/C=C/C2=[N+](CCCCS(=O)(=O)O)c3ccc4c(S(=O)(=O)O)cc(S(=O)(=O)O)cc4c3C2(C)CCOCCOCCOCCOC)cc1. The summed E-state index contributed by atoms with van der Waals surface area (Å²) in [4.78, 5) is 13.0. The molecule has 0 bridgehead atoms. The highest BCUT2D eigenvalue weighted by Crippen LogP contribution is 2.54. The van der Waals surface area contributed by atoms with E-state index in [0.717, 1.165) is 6.07 Å². The average molecular weight is 1450 g/mol. The Hall–Kier alpha value is -5.99. The fraction of sp³-hybridized carbons (Fsp3) is 0.477. The number of unbranched alkanes of at least 4 members (excludes halogenated alkanes) is 2. The molecule has 0 aromatic heterocycles. The molecule has 2 unspecified atom stereocenters. The second-order valence-electron chi connectivity index (χ2n) is 23.4. The van der Waals surface area contributed by atoms with Crippen LogP contribution in [0, 0.1) is 0 Å². The van der Waals surface area contributed by atoms with Crippen LogP contribution in [0.15, 0.2) is 124 Å². The number of rotatable bonds is 42. The minimum atomic E-state index is -5.19. The van der Waals surface area contributed by atoms with Crippen LogP contribution < -0.4 is 10.2 Å². The van der Waals surface area contributed by atoms with E-state index >= 15 is 0 Å². The van der Waals surface area contributed by atoms with Crippen LogP contribution in [0.4, 0.5) is 11.4 Å². The molecule has 0 saturated heterocycles. The lowest BCUT2D eigenvalue weighted by molar-refractivity contribution is -0.438. The molecule has 0 fully saturated rings. The van der Waals surface area contributed by atoms with Crippen molar-refractivity contribution < 1.29 is 112 Å². The van der Waals surface area contributed by atoms with Crippen molar-refractivity contribution in [2.45, 2.75) is 77.9 Å². The van der Waals surface area contributed by atoms with Gasteiger partial charge in [0.15, 0.2) is 5.71 Å². The number of fused-ring (bicyclic) bond motifs is 6. The number of nitrogens with one attached hydrogen (secondary N) is 1. The molecule has 5 aromatic rings. The van der Waals surface area contributed by atoms with E-state index in [-0.39, 0.29) is 119 Å². The molecule has 27 nitrogen and oxygen atoms in total. The average Bonchev–Trinajstić information content (AvgIpc) is 1.58. The van der Waals surface area contributed by atoms with Gasteiger partial charge in [0.2, 0.25) is 5.69 Å². The molecule has 0 spiro atoms. The highest BCUT2D eigenvalue weighted by Gasteiger charge is 2.50. The predicted molar refractivity (Wildman–Crippen MR) is 363 cm³/mol. The van der Waals surface area contributed by atoms with Crippen LogP contribution in [0.1, 0.15) is 79.4 Å². The molecule has 0 aliphatic carbocycles. The van der Waals surface area contributed by atoms with Crippen LogP contribution in [0.3, 0.4) is 0 Å². The van der Waals surface area contributed by atoms with Crippen molar-refractivity contribution in [1.29, 1.82) is 0 Å². The summed E-state index contributed by atoms with van der Waals surface area (Å²) < 4.78 is 225. The highest BCUT2D eigenvalue weighted by atomic mass is 32.2. The Balaban J connectivity index is 1.45. The quantitative estimate of drug-likeness (QED) is 0.00968. The third-order valence-electron chi connectivity index (χ3n) is 16.8. The summed E-state index contributed by atoms with van der Waals surface area (Å²) in [6, 6.07) is 19.3. The second-order valence-corrected chi connectivity index (χ2v) is 30.8. The molecule has 2 heterocycles. The van der Waals surface area contributed by atoms with Crippen molar-refractivity contribution in [3.63, 3.8) is 0 Å². The molecule has 2 aliphatic rings. The number of benzene rings is 5. The molecule has 97 heavy (non-hydrogen) atoms. The zero-order chi connectivity index (χ0) is 70.8. The first-order valence-electron chi connectivity index (χ1n) is 31.2. The topological polar surface area (TPSA) is 381 Å². The third-order valence-corrected chi connectivity index (χ3v) is 20.9. The van der Waals surface area contributed by atoms with Crippen LogP contribution >= 0.6 is 0 Å². The Kier molecular flexibility index (Phi) is 28.2. The summed E-state index contributed by atoms with van der Waals surface area (Å²) in [7, 11) is -19.3. The summed E-state index contributed by atoms with van der Waals surface area (Å²) >= 11 is 0. The molecular formula is C65H86N3O24S5+. The molecule has 5 aromatic carbocycles. The van der Waals surface area contributed by atoms with Gasteiger partial charge in [-0.05, 0) is 139 Å². The van der Waals surface area contributed by atoms with Crippen LogP contribution in [0.2, 0.25) is 0 Å². The van der Waals surface area contributed by atoms with Crippen molar-refractivity contribution in [1.82, 2.24) is 5.32 Å². The smallest absolute Gasteiger partial charge is 0.295 e. The lowest BCUT2D eigenvalue weighted by Crippen LogP contribution is -2.33. The van der Waals surface area contributed by atoms with Crippen LogP contribution in [0.5, 0.6) is 0 Å². The molecule has 0 saturated carbocycles. The van der Waals surface area contributed by atoms with Gasteiger partial charge in [-0.3, -0.25) is 27.6 Å². The van der Waals surface area contributed by atoms with Gasteiger partial charge in [-0.15, -0.1) is 0 Å². The first kappa shape index (κ1) is 78.3. The van der Waals surface area contributed by atoms with E-state index in [2.05, 4.69) is 5.32 Å². The normalized spacial score (nSPS) is 17.6. The fourth-order valence-corrected chi connectivity index (χ4v) is 15.0. The Labute approximate surface area is 567 Å². The number of nitrogens with zero attached hydrogens (tertiary/aromatic N) is 2. The van der Waals surface area contributed by atoms with Gasteiger partial charge in [-0.2, -0.15) is 46.7 Å². The van der Waals surface area contributed by atoms with E-state index in [0.29, 0.717) is 114 Å². The minimum Gasteiger partial charge on any atom is -0.382 e. The maximum atomic E-state index is 13.2. The van der Waals surface area contributed by atoms with Crippen molar-refractivity contribution in [2.75, 3.05) is 143 Å². The summed E-state index contributed by atoms with van der Waals surface area (Å²) in [5, 5.41) is 3.61. The molecule has 0 radical (unpaired) electrons. The number of hydrogen-bond donors (Lipinski definition) is 6. The van der Waals surface area contributed by atoms with E-state index in [9.17, 15) is 69.6 Å². The Morgan fingerprint density at radius 1 is 0.536 bits per heavy atom. The van der Waals surface area contributed by atoms with Gasteiger partial charge in [0.25, 0.3) is 56.5 Å². The van der Waals surface area contributed by atoms with Crippen LogP contribution in [-0.2, 0) is 99.3 Å². The minimum absolute atomic E-state index is 0.00371. The largest absolute Gasteiger partial charge is 0.382 e. The number of hydrogen-bond acceptors (Lipinski definition) is 20. The molecule has 32 heteroatoms. The lowest BCUT2D eigenvalue weighted by Gasteiger charge is -2.31. The summed E-state index contributed by atoms with van der Waals surface area (Å²) in [6.07, 6.45) is 7.88. The Morgan fingerprint density at radius 3 is 1.57 bits per heavy atom. The third kappa shape index (κ3) is 21.3. The first-order chi connectivity index (χ1) is 45.9. The standard InChI is InChI=1S/C65H85N3O24S5/c1-64(24-28-87-34-36-91-40-38-89-32-30-85-4)59(67(26-6-8-42-93(70,71)72)56-20-15-49-14-18-51(95(76,77)78)44-54(49)61(56)64)22-16-48(47-10-12-50(13-11-47)63(69)66-3)17-23-60-65(2,25-29-88-35-37-92-41-39-90-33-31-86-5)62-55-45-52(96(79,80)81)46-58(97(82,83)84)53(55)19-21-57(62)68(60)27-7-9-43-94(73,74)75/h10-23,44-46H,6-9,24-43H2,1-5H3,(H5-,66,69,70,71,72,73,74,75,76,77,78,79,80,81,82,83,84)/p+1. The van der Waals surface area contributed by atoms with Gasteiger partial charge < -0.3 is 48.1 Å². The number of allylic oxidation sites excluding steroid dienone is 6. The molecule has 534 valence electrons. The Bertz CT molecular complexity index is 4310. The monoisotopic (exact) mass is 1450 g/mol. The van der Waals surface area contributed by atoms with E-state index in [1.54, 1.807) is 74.9 Å². The molecule has 7 rings (SSSR count). The number of ether oxygens (including phenoxy) is 8. The van der Waals surface area contributed by atoms with Gasteiger partial charge in [-0.1, -0.05) is 30.3 Å². The number of anilines is 1.